The van der Waals surface area contributed by atoms with Gasteiger partial charge in [0.05, 0.1) is 12.0 Å². The maximum atomic E-state index is 15.1. The molecule has 1 fully saturated rings. The number of Topliss-reactive ketones (excluding diaryl/α,β-unsaturated/α-hetero) is 1. The molecule has 12 heteroatoms. The SMILES string of the molecule is CCC(C)C(CC(=O)C1CCCCN1C)C(=O)N(Cc1ccccc1)[C@H](C[C@@H](OCOC)c1nc(C(=O)N[C@@H](Cc2ccc(-c3ccccc3)cc2)C[C@H](C)C(=O)O)cs1)C(C)C. The molecular weight excluding hydrogens is 813 g/mol. The number of carboxylic acids is 1. The Morgan fingerprint density at radius 1 is 0.905 bits per heavy atom. The smallest absolute Gasteiger partial charge is 0.306 e. The number of hydrogen-bond donors (Lipinski definition) is 2. The number of aromatic nitrogens is 1. The summed E-state index contributed by atoms with van der Waals surface area (Å²) in [6.07, 6.45) is 4.28. The van der Waals surface area contributed by atoms with Crippen LogP contribution in [0.2, 0.25) is 0 Å². The van der Waals surface area contributed by atoms with E-state index in [0.29, 0.717) is 24.4 Å². The summed E-state index contributed by atoms with van der Waals surface area (Å²) in [5, 5.41) is 15.2. The number of nitrogens with one attached hydrogen (secondary N) is 1. The van der Waals surface area contributed by atoms with Crippen molar-refractivity contribution in [1.29, 1.82) is 0 Å². The molecule has 2 N–H and O–H groups in total. The molecule has 7 atom stereocenters. The average molecular weight is 881 g/mol. The zero-order valence-corrected chi connectivity index (χ0v) is 39.0. The summed E-state index contributed by atoms with van der Waals surface area (Å²) in [5.41, 5.74) is 4.33. The van der Waals surface area contributed by atoms with Crippen LogP contribution in [0.15, 0.2) is 90.3 Å². The zero-order valence-electron chi connectivity index (χ0n) is 38.2. The second-order valence-electron chi connectivity index (χ2n) is 17.7. The van der Waals surface area contributed by atoms with Gasteiger partial charge in [-0.05, 0) is 73.4 Å². The first-order valence-electron chi connectivity index (χ1n) is 22.6. The van der Waals surface area contributed by atoms with Crippen molar-refractivity contribution < 1.29 is 33.8 Å². The Kier molecular flexibility index (Phi) is 19.0. The van der Waals surface area contributed by atoms with E-state index in [1.54, 1.807) is 19.4 Å². The van der Waals surface area contributed by atoms with Gasteiger partial charge < -0.3 is 24.8 Å². The largest absolute Gasteiger partial charge is 0.481 e. The summed E-state index contributed by atoms with van der Waals surface area (Å²) in [6.45, 7) is 11.2. The van der Waals surface area contributed by atoms with Gasteiger partial charge in [0.1, 0.15) is 23.6 Å². The molecule has 3 unspecified atom stereocenters. The minimum Gasteiger partial charge on any atom is -0.481 e. The van der Waals surface area contributed by atoms with E-state index in [1.807, 2.05) is 96.9 Å². The van der Waals surface area contributed by atoms with Crippen LogP contribution in [0.3, 0.4) is 0 Å². The number of piperidine rings is 1. The highest BCUT2D eigenvalue weighted by Gasteiger charge is 2.39. The highest BCUT2D eigenvalue weighted by Crippen LogP contribution is 2.34. The van der Waals surface area contributed by atoms with Gasteiger partial charge in [0.2, 0.25) is 5.91 Å². The van der Waals surface area contributed by atoms with Crippen LogP contribution in [0.1, 0.15) is 112 Å². The van der Waals surface area contributed by atoms with Crippen molar-refractivity contribution in [2.75, 3.05) is 27.5 Å². The topological polar surface area (TPSA) is 138 Å². The number of carbonyl (C=O) groups excluding carboxylic acids is 3. The third kappa shape index (κ3) is 14.1. The predicted molar refractivity (Wildman–Crippen MR) is 249 cm³/mol. The van der Waals surface area contributed by atoms with Gasteiger partial charge in [-0.25, -0.2) is 4.98 Å². The lowest BCUT2D eigenvalue weighted by molar-refractivity contribution is -0.146. The minimum atomic E-state index is -0.929. The van der Waals surface area contributed by atoms with Crippen molar-refractivity contribution in [3.05, 3.63) is 112 Å². The Morgan fingerprint density at radius 3 is 2.19 bits per heavy atom. The number of methoxy groups -OCH3 is 1. The Morgan fingerprint density at radius 2 is 1.57 bits per heavy atom. The number of carboxylic acid groups (broad SMARTS) is 1. The molecule has 340 valence electrons. The van der Waals surface area contributed by atoms with Crippen LogP contribution in [0.25, 0.3) is 11.1 Å². The number of aliphatic carboxylic acids is 1. The van der Waals surface area contributed by atoms with E-state index in [2.05, 4.69) is 37.9 Å². The minimum absolute atomic E-state index is 0.00876. The molecule has 1 aliphatic rings. The van der Waals surface area contributed by atoms with Gasteiger partial charge in [-0.3, -0.25) is 24.1 Å². The highest BCUT2D eigenvalue weighted by atomic mass is 32.1. The van der Waals surface area contributed by atoms with Gasteiger partial charge >= 0.3 is 5.97 Å². The molecule has 3 aromatic carbocycles. The number of ether oxygens (including phenoxy) is 2. The number of hydrogen-bond acceptors (Lipinski definition) is 9. The number of ketones is 1. The number of carbonyl (C=O) groups is 4. The lowest BCUT2D eigenvalue weighted by Crippen LogP contribution is -2.49. The number of thiazole rings is 1. The van der Waals surface area contributed by atoms with Crippen molar-refractivity contribution in [3.63, 3.8) is 0 Å². The summed E-state index contributed by atoms with van der Waals surface area (Å²) in [7, 11) is 3.56. The Balaban J connectivity index is 1.39. The lowest BCUT2D eigenvalue weighted by Gasteiger charge is -2.40. The monoisotopic (exact) mass is 880 g/mol. The second-order valence-corrected chi connectivity index (χ2v) is 18.6. The Hall–Kier alpha value is -4.75. The molecule has 4 aromatic rings. The fraction of sp³-hybridized carbons (Fsp3) is 0.510. The van der Waals surface area contributed by atoms with E-state index in [9.17, 15) is 19.5 Å². The van der Waals surface area contributed by atoms with Crippen LogP contribution in [0.4, 0.5) is 0 Å². The standard InChI is InChI=1S/C51H68N4O7S/c1-8-35(4)42(29-46(56)44-21-15-16-26-54(44)6)50(58)55(31-38-17-11-9-12-18-38)45(34(2)3)30-47(62-33-61-7)49-53-43(32-63-49)48(57)52-41(27-36(5)51(59)60)28-37-22-24-40(25-23-37)39-19-13-10-14-20-39/h9-14,17-20,22-25,32,34-36,41-42,44-45,47H,8,15-16,21,26-31,33H2,1-7H3,(H,52,57)(H,59,60)/t35?,36-,41+,42?,44?,45+,47+/m0/s1. The molecule has 1 aromatic heterocycles. The number of nitrogens with zero attached hydrogens (tertiary/aromatic N) is 3. The van der Waals surface area contributed by atoms with Gasteiger partial charge in [-0.15, -0.1) is 11.3 Å². The molecule has 0 spiro atoms. The number of likely N-dealkylation sites (N-methyl/N-ethyl adjacent to an activating group) is 1. The van der Waals surface area contributed by atoms with Crippen molar-refractivity contribution in [1.82, 2.24) is 20.1 Å². The molecule has 2 heterocycles. The highest BCUT2D eigenvalue weighted by molar-refractivity contribution is 7.09. The van der Waals surface area contributed by atoms with Gasteiger partial charge in [-0.2, -0.15) is 0 Å². The van der Waals surface area contributed by atoms with Crippen LogP contribution >= 0.6 is 11.3 Å². The van der Waals surface area contributed by atoms with Gasteiger partial charge in [0.15, 0.2) is 5.78 Å². The van der Waals surface area contributed by atoms with Crippen LogP contribution in [0.5, 0.6) is 0 Å². The summed E-state index contributed by atoms with van der Waals surface area (Å²) < 4.78 is 11.7. The number of amides is 2. The van der Waals surface area contributed by atoms with Crippen molar-refractivity contribution >= 4 is 34.9 Å². The molecule has 5 rings (SSSR count). The molecule has 0 bridgehead atoms. The van der Waals surface area contributed by atoms with Crippen LogP contribution in [-0.4, -0.2) is 89.1 Å². The first-order valence-corrected chi connectivity index (χ1v) is 23.5. The number of likely N-dealkylation sites (tertiary alicyclic amines) is 1. The first kappa shape index (κ1) is 49.3. The normalized spacial score (nSPS) is 17.3. The first-order chi connectivity index (χ1) is 30.3. The maximum Gasteiger partial charge on any atom is 0.306 e. The van der Waals surface area contributed by atoms with E-state index in [1.165, 1.54) is 11.3 Å². The second kappa shape index (κ2) is 24.4. The van der Waals surface area contributed by atoms with Gasteiger partial charge in [0, 0.05) is 49.9 Å². The lowest BCUT2D eigenvalue weighted by atomic mass is 9.82. The molecule has 63 heavy (non-hydrogen) atoms. The Labute approximate surface area is 378 Å². The molecule has 1 aliphatic heterocycles. The fourth-order valence-electron chi connectivity index (χ4n) is 8.64. The molecule has 0 saturated carbocycles. The van der Waals surface area contributed by atoms with Crippen LogP contribution in [-0.2, 0) is 36.8 Å². The van der Waals surface area contributed by atoms with Crippen molar-refractivity contribution in [2.24, 2.45) is 23.7 Å². The quantitative estimate of drug-likeness (QED) is 0.0660. The molecular formula is C51H68N4O7S. The summed E-state index contributed by atoms with van der Waals surface area (Å²) in [6, 6.07) is 27.1. The molecule has 0 radical (unpaired) electrons. The van der Waals surface area contributed by atoms with Crippen LogP contribution in [0, 0.1) is 23.7 Å². The zero-order chi connectivity index (χ0) is 45.5. The number of rotatable bonds is 24. The van der Waals surface area contributed by atoms with Gasteiger partial charge in [0.25, 0.3) is 5.91 Å². The Bertz CT molecular complexity index is 2040. The molecule has 1 saturated heterocycles. The predicted octanol–water partition coefficient (Wildman–Crippen LogP) is 9.47. The number of benzene rings is 3. The van der Waals surface area contributed by atoms with Crippen molar-refractivity contribution in [2.45, 2.75) is 117 Å². The molecule has 11 nitrogen and oxygen atoms in total. The van der Waals surface area contributed by atoms with E-state index in [4.69, 9.17) is 14.5 Å². The third-order valence-corrected chi connectivity index (χ3v) is 13.6. The van der Waals surface area contributed by atoms with Gasteiger partial charge in [-0.1, -0.05) is 132 Å². The van der Waals surface area contributed by atoms with E-state index >= 15 is 4.79 Å². The van der Waals surface area contributed by atoms with E-state index in [-0.39, 0.29) is 60.9 Å². The maximum absolute atomic E-state index is 15.1. The summed E-state index contributed by atoms with van der Waals surface area (Å²) in [4.78, 5) is 63.9. The van der Waals surface area contributed by atoms with E-state index < -0.39 is 35.9 Å². The fourth-order valence-corrected chi connectivity index (χ4v) is 9.50. The molecule has 2 amide bonds. The molecule has 0 aliphatic carbocycles. The van der Waals surface area contributed by atoms with Crippen molar-refractivity contribution in [3.8, 4) is 11.1 Å². The summed E-state index contributed by atoms with van der Waals surface area (Å²) >= 11 is 1.30. The van der Waals surface area contributed by atoms with E-state index in [0.717, 1.165) is 54.5 Å². The summed E-state index contributed by atoms with van der Waals surface area (Å²) in [5.74, 6) is -2.44. The van der Waals surface area contributed by atoms with Crippen LogP contribution < -0.4 is 5.32 Å². The third-order valence-electron chi connectivity index (χ3n) is 12.7. The average Bonchev–Trinajstić information content (AvgIpc) is 3.79.